The van der Waals surface area contributed by atoms with Crippen LogP contribution in [-0.2, 0) is 0 Å². The highest BCUT2D eigenvalue weighted by Gasteiger charge is 2.26. The fourth-order valence-corrected chi connectivity index (χ4v) is 8.50. The summed E-state index contributed by atoms with van der Waals surface area (Å²) in [5.41, 5.74) is 16.8. The number of nitrogens with zero attached hydrogens (tertiary/aromatic N) is 4. The summed E-state index contributed by atoms with van der Waals surface area (Å²) >= 11 is 0. The molecule has 0 radical (unpaired) electrons. The van der Waals surface area contributed by atoms with Crippen LogP contribution in [0.2, 0.25) is 0 Å². The standard InChI is InChI=1S/C54H36N4/c1-5-17-40(18-6-1)57(41-19-7-2-8-20-41)44-31-27-37(28-32-44)46-35-36-47(52-51(46)55-53-48-25-13-15-39-16-14-26-49(50(39)48)54(53)56-52)38-29-33-45(34-30-38)58(42-21-9-3-10-22-42)43-23-11-4-12-24-43/h1-36H. The third-order valence-electron chi connectivity index (χ3n) is 11.2. The van der Waals surface area contributed by atoms with Gasteiger partial charge in [0.1, 0.15) is 0 Å². The summed E-state index contributed by atoms with van der Waals surface area (Å²) in [6.45, 7) is 0. The van der Waals surface area contributed by atoms with Crippen molar-refractivity contribution in [3.05, 3.63) is 218 Å². The molecule has 0 saturated carbocycles. The van der Waals surface area contributed by atoms with Crippen molar-refractivity contribution in [3.8, 4) is 44.8 Å². The molecule has 4 heteroatoms. The van der Waals surface area contributed by atoms with Gasteiger partial charge < -0.3 is 9.80 Å². The molecule has 1 heterocycles. The maximum atomic E-state index is 5.55. The van der Waals surface area contributed by atoms with Crippen molar-refractivity contribution < 1.29 is 0 Å². The maximum absolute atomic E-state index is 5.55. The second-order valence-electron chi connectivity index (χ2n) is 14.6. The molecule has 11 rings (SSSR count). The Kier molecular flexibility index (Phi) is 8.11. The fraction of sp³-hybridized carbons (Fsp3) is 0. The lowest BCUT2D eigenvalue weighted by Crippen LogP contribution is -2.09. The first-order chi connectivity index (χ1) is 28.8. The molecular formula is C54H36N4. The van der Waals surface area contributed by atoms with Gasteiger partial charge in [-0.25, -0.2) is 9.97 Å². The quantitative estimate of drug-likeness (QED) is 0.155. The number of rotatable bonds is 8. The summed E-state index contributed by atoms with van der Waals surface area (Å²) in [6.07, 6.45) is 0. The number of hydrogen-bond donors (Lipinski definition) is 0. The average molecular weight is 741 g/mol. The van der Waals surface area contributed by atoms with Crippen LogP contribution in [0.3, 0.4) is 0 Å². The van der Waals surface area contributed by atoms with Crippen LogP contribution in [0.4, 0.5) is 34.1 Å². The lowest BCUT2D eigenvalue weighted by molar-refractivity contribution is 1.28. The van der Waals surface area contributed by atoms with Gasteiger partial charge in [-0.15, -0.1) is 0 Å². The maximum Gasteiger partial charge on any atom is 0.0980 e. The van der Waals surface area contributed by atoms with Crippen molar-refractivity contribution >= 4 is 55.9 Å². The molecule has 0 fully saturated rings. The molecule has 0 spiro atoms. The Morgan fingerprint density at radius 1 is 0.259 bits per heavy atom. The van der Waals surface area contributed by atoms with Crippen LogP contribution in [0.25, 0.3) is 66.6 Å². The van der Waals surface area contributed by atoms with Crippen molar-refractivity contribution in [2.45, 2.75) is 0 Å². The van der Waals surface area contributed by atoms with Gasteiger partial charge in [-0.3, -0.25) is 0 Å². The summed E-state index contributed by atoms with van der Waals surface area (Å²) in [4.78, 5) is 15.7. The van der Waals surface area contributed by atoms with E-state index in [0.717, 1.165) is 89.9 Å². The molecule has 1 aliphatic carbocycles. The van der Waals surface area contributed by atoms with Crippen molar-refractivity contribution in [2.75, 3.05) is 9.80 Å². The van der Waals surface area contributed by atoms with Crippen LogP contribution in [0.1, 0.15) is 0 Å². The van der Waals surface area contributed by atoms with E-state index >= 15 is 0 Å². The van der Waals surface area contributed by atoms with Crippen molar-refractivity contribution in [2.24, 2.45) is 0 Å². The van der Waals surface area contributed by atoms with E-state index in [1.807, 2.05) is 0 Å². The molecular weight excluding hydrogens is 705 g/mol. The minimum Gasteiger partial charge on any atom is -0.311 e. The Bertz CT molecular complexity index is 2790. The summed E-state index contributed by atoms with van der Waals surface area (Å²) in [5.74, 6) is 0. The summed E-state index contributed by atoms with van der Waals surface area (Å²) in [5, 5.41) is 2.42. The smallest absolute Gasteiger partial charge is 0.0980 e. The summed E-state index contributed by atoms with van der Waals surface area (Å²) in [7, 11) is 0. The van der Waals surface area contributed by atoms with Gasteiger partial charge in [0, 0.05) is 61.8 Å². The minimum atomic E-state index is 0.885. The normalized spacial score (nSPS) is 11.4. The van der Waals surface area contributed by atoms with Crippen LogP contribution >= 0.6 is 0 Å². The predicted octanol–water partition coefficient (Wildman–Crippen LogP) is 14.7. The topological polar surface area (TPSA) is 32.3 Å². The minimum absolute atomic E-state index is 0.885. The number of benzene rings is 9. The molecule has 272 valence electrons. The molecule has 58 heavy (non-hydrogen) atoms. The van der Waals surface area contributed by atoms with Gasteiger partial charge in [-0.1, -0.05) is 146 Å². The first kappa shape index (κ1) is 33.5. The van der Waals surface area contributed by atoms with E-state index in [9.17, 15) is 0 Å². The van der Waals surface area contributed by atoms with E-state index in [0.29, 0.717) is 0 Å². The lowest BCUT2D eigenvalue weighted by atomic mass is 9.96. The Morgan fingerprint density at radius 2 is 0.586 bits per heavy atom. The van der Waals surface area contributed by atoms with Gasteiger partial charge >= 0.3 is 0 Å². The molecule has 0 bridgehead atoms. The van der Waals surface area contributed by atoms with Gasteiger partial charge in [0.2, 0.25) is 0 Å². The van der Waals surface area contributed by atoms with E-state index < -0.39 is 0 Å². The van der Waals surface area contributed by atoms with Gasteiger partial charge in [0.25, 0.3) is 0 Å². The molecule has 0 unspecified atom stereocenters. The number of fused-ring (bicyclic) bond motifs is 4. The van der Waals surface area contributed by atoms with Crippen LogP contribution in [0.15, 0.2) is 218 Å². The zero-order valence-corrected chi connectivity index (χ0v) is 31.6. The number of hydrogen-bond acceptors (Lipinski definition) is 4. The third kappa shape index (κ3) is 5.70. The van der Waals surface area contributed by atoms with Crippen LogP contribution in [-0.4, -0.2) is 9.97 Å². The molecule has 4 nitrogen and oxygen atoms in total. The molecule has 0 amide bonds. The molecule has 0 aliphatic heterocycles. The first-order valence-corrected chi connectivity index (χ1v) is 19.7. The Morgan fingerprint density at radius 3 is 0.931 bits per heavy atom. The van der Waals surface area contributed by atoms with Crippen LogP contribution in [0.5, 0.6) is 0 Å². The van der Waals surface area contributed by atoms with Gasteiger partial charge in [0.05, 0.1) is 22.4 Å². The van der Waals surface area contributed by atoms with E-state index in [-0.39, 0.29) is 0 Å². The van der Waals surface area contributed by atoms with E-state index in [4.69, 9.17) is 9.97 Å². The number of anilines is 6. The summed E-state index contributed by atoms with van der Waals surface area (Å²) < 4.78 is 0. The second-order valence-corrected chi connectivity index (χ2v) is 14.6. The predicted molar refractivity (Wildman–Crippen MR) is 242 cm³/mol. The first-order valence-electron chi connectivity index (χ1n) is 19.7. The fourth-order valence-electron chi connectivity index (χ4n) is 8.50. The zero-order valence-electron chi connectivity index (χ0n) is 31.6. The molecule has 0 atom stereocenters. The lowest BCUT2D eigenvalue weighted by Gasteiger charge is -2.25. The molecule has 10 aromatic rings. The van der Waals surface area contributed by atoms with Gasteiger partial charge in [-0.2, -0.15) is 0 Å². The molecule has 9 aromatic carbocycles. The monoisotopic (exact) mass is 740 g/mol. The SMILES string of the molecule is c1ccc(N(c2ccccc2)c2ccc(-c3ccc(-c4ccc(N(c5ccccc5)c5ccccc5)cc4)c4nc5c(nc34)-c3cccc4cccc-5c34)cc2)cc1. The third-order valence-corrected chi connectivity index (χ3v) is 11.2. The van der Waals surface area contributed by atoms with Crippen molar-refractivity contribution in [1.29, 1.82) is 0 Å². The van der Waals surface area contributed by atoms with Crippen molar-refractivity contribution in [1.82, 2.24) is 9.97 Å². The zero-order chi connectivity index (χ0) is 38.4. The van der Waals surface area contributed by atoms with Crippen LogP contribution < -0.4 is 9.80 Å². The Hall–Kier alpha value is -7.82. The van der Waals surface area contributed by atoms with Gasteiger partial charge in [-0.05, 0) is 89.3 Å². The Balaban J connectivity index is 1.06. The number of aromatic nitrogens is 2. The molecule has 1 aromatic heterocycles. The average Bonchev–Trinajstić information content (AvgIpc) is 3.61. The largest absolute Gasteiger partial charge is 0.311 e. The second kappa shape index (κ2) is 14.0. The van der Waals surface area contributed by atoms with Crippen LogP contribution in [0, 0.1) is 0 Å². The Labute approximate surface area is 337 Å². The van der Waals surface area contributed by atoms with E-state index in [1.54, 1.807) is 0 Å². The summed E-state index contributed by atoms with van der Waals surface area (Å²) in [6, 6.07) is 77.1. The van der Waals surface area contributed by atoms with Crippen molar-refractivity contribution in [3.63, 3.8) is 0 Å². The number of para-hydroxylation sites is 4. The highest BCUT2D eigenvalue weighted by Crippen LogP contribution is 2.48. The molecule has 0 N–H and O–H groups in total. The highest BCUT2D eigenvalue weighted by molar-refractivity contribution is 6.15. The molecule has 1 aliphatic rings. The molecule has 0 saturated heterocycles. The highest BCUT2D eigenvalue weighted by atomic mass is 15.1. The van der Waals surface area contributed by atoms with E-state index in [1.165, 1.54) is 10.8 Å². The van der Waals surface area contributed by atoms with Gasteiger partial charge in [0.15, 0.2) is 0 Å². The van der Waals surface area contributed by atoms with E-state index in [2.05, 4.69) is 228 Å².